The number of hydrogen-bond acceptors (Lipinski definition) is 6. The van der Waals surface area contributed by atoms with Crippen LogP contribution in [0.1, 0.15) is 34.7 Å². The number of carbonyl (C=O) groups excluding carboxylic acids is 1. The standard InChI is InChI=1S/C18H21N3O4/c1-12-9-14(20-25-12)18(22)21-7-8-23-17-15(21)4-5-16(17)24-11-13-3-2-6-19-10-13/h2-3,6,9-10,15-17H,4-5,7-8,11H2,1H3/t15-,16+,17+/m0/s1. The molecule has 1 saturated heterocycles. The first kappa shape index (κ1) is 16.2. The Morgan fingerprint density at radius 2 is 2.36 bits per heavy atom. The van der Waals surface area contributed by atoms with Crippen molar-refractivity contribution in [1.29, 1.82) is 0 Å². The molecule has 0 unspecified atom stereocenters. The van der Waals surface area contributed by atoms with Crippen LogP contribution in [0, 0.1) is 6.92 Å². The van der Waals surface area contributed by atoms with E-state index in [-0.39, 0.29) is 24.2 Å². The summed E-state index contributed by atoms with van der Waals surface area (Å²) in [6.07, 6.45) is 5.18. The van der Waals surface area contributed by atoms with Crippen LogP contribution < -0.4 is 0 Å². The van der Waals surface area contributed by atoms with Crippen molar-refractivity contribution in [1.82, 2.24) is 15.0 Å². The van der Waals surface area contributed by atoms with E-state index in [9.17, 15) is 4.79 Å². The van der Waals surface area contributed by atoms with Crippen molar-refractivity contribution < 1.29 is 18.8 Å². The number of aromatic nitrogens is 2. The second kappa shape index (κ2) is 6.93. The van der Waals surface area contributed by atoms with Gasteiger partial charge in [0.2, 0.25) is 0 Å². The molecule has 4 rings (SSSR count). The lowest BCUT2D eigenvalue weighted by molar-refractivity contribution is -0.108. The minimum Gasteiger partial charge on any atom is -0.372 e. The lowest BCUT2D eigenvalue weighted by Gasteiger charge is -2.38. The molecule has 0 bridgehead atoms. The molecule has 1 aliphatic carbocycles. The molecule has 2 aliphatic rings. The van der Waals surface area contributed by atoms with E-state index in [0.29, 0.717) is 31.2 Å². The van der Waals surface area contributed by atoms with Gasteiger partial charge in [-0.05, 0) is 31.4 Å². The number of morpholine rings is 1. The zero-order valence-electron chi connectivity index (χ0n) is 14.1. The van der Waals surface area contributed by atoms with E-state index in [0.717, 1.165) is 18.4 Å². The average Bonchev–Trinajstić information content (AvgIpc) is 3.26. The molecule has 25 heavy (non-hydrogen) atoms. The molecular weight excluding hydrogens is 322 g/mol. The highest BCUT2D eigenvalue weighted by molar-refractivity contribution is 5.92. The summed E-state index contributed by atoms with van der Waals surface area (Å²) in [5.74, 6) is 0.542. The van der Waals surface area contributed by atoms with E-state index in [1.807, 2.05) is 17.0 Å². The van der Waals surface area contributed by atoms with E-state index in [1.165, 1.54) is 0 Å². The van der Waals surface area contributed by atoms with E-state index < -0.39 is 0 Å². The fourth-order valence-electron chi connectivity index (χ4n) is 3.65. The minimum absolute atomic E-state index is 0.0140. The van der Waals surface area contributed by atoms with Gasteiger partial charge >= 0.3 is 0 Å². The Morgan fingerprint density at radius 1 is 1.44 bits per heavy atom. The van der Waals surface area contributed by atoms with Gasteiger partial charge in [0.25, 0.3) is 5.91 Å². The van der Waals surface area contributed by atoms with Crippen LogP contribution in [0.4, 0.5) is 0 Å². The summed E-state index contributed by atoms with van der Waals surface area (Å²) in [4.78, 5) is 18.7. The van der Waals surface area contributed by atoms with Crippen molar-refractivity contribution in [3.05, 3.63) is 47.6 Å². The summed E-state index contributed by atoms with van der Waals surface area (Å²) in [7, 11) is 0. The fourth-order valence-corrected chi connectivity index (χ4v) is 3.65. The Bertz CT molecular complexity index is 733. The number of amides is 1. The molecule has 2 aromatic rings. The smallest absolute Gasteiger partial charge is 0.276 e. The Kier molecular flexibility index (Phi) is 4.50. The molecule has 0 spiro atoms. The molecule has 1 saturated carbocycles. The SMILES string of the molecule is Cc1cc(C(=O)N2CCO[C@H]3[C@H](OCc4cccnc4)CC[C@@H]32)no1. The van der Waals surface area contributed by atoms with Gasteiger partial charge in [-0.25, -0.2) is 0 Å². The topological polar surface area (TPSA) is 77.7 Å². The molecule has 1 aliphatic heterocycles. The fraction of sp³-hybridized carbons (Fsp3) is 0.500. The highest BCUT2D eigenvalue weighted by Gasteiger charge is 2.45. The van der Waals surface area contributed by atoms with E-state index in [1.54, 1.807) is 25.4 Å². The molecule has 7 heteroatoms. The lowest BCUT2D eigenvalue weighted by Crippen LogP contribution is -2.53. The third-order valence-electron chi connectivity index (χ3n) is 4.83. The van der Waals surface area contributed by atoms with Crippen LogP contribution in [0.25, 0.3) is 0 Å². The third kappa shape index (κ3) is 3.29. The van der Waals surface area contributed by atoms with Crippen molar-refractivity contribution in [3.8, 4) is 0 Å². The summed E-state index contributed by atoms with van der Waals surface area (Å²) in [5.41, 5.74) is 1.39. The molecule has 2 fully saturated rings. The van der Waals surface area contributed by atoms with E-state index in [4.69, 9.17) is 14.0 Å². The first-order chi connectivity index (χ1) is 12.2. The zero-order chi connectivity index (χ0) is 17.2. The Morgan fingerprint density at radius 3 is 3.12 bits per heavy atom. The van der Waals surface area contributed by atoms with Crippen LogP contribution in [0.15, 0.2) is 35.1 Å². The van der Waals surface area contributed by atoms with Crippen molar-refractivity contribution in [2.45, 2.75) is 44.6 Å². The maximum Gasteiger partial charge on any atom is 0.276 e. The number of nitrogens with zero attached hydrogens (tertiary/aromatic N) is 3. The maximum atomic E-state index is 12.7. The zero-order valence-corrected chi connectivity index (χ0v) is 14.1. The average molecular weight is 343 g/mol. The van der Waals surface area contributed by atoms with Gasteiger partial charge in [0.05, 0.1) is 25.4 Å². The number of rotatable bonds is 4. The van der Waals surface area contributed by atoms with Crippen LogP contribution >= 0.6 is 0 Å². The molecule has 0 radical (unpaired) electrons. The molecule has 0 N–H and O–H groups in total. The largest absolute Gasteiger partial charge is 0.372 e. The molecule has 7 nitrogen and oxygen atoms in total. The number of pyridine rings is 1. The van der Waals surface area contributed by atoms with Crippen LogP contribution in [-0.2, 0) is 16.1 Å². The lowest BCUT2D eigenvalue weighted by atomic mass is 10.1. The summed E-state index contributed by atoms with van der Waals surface area (Å²) in [6.45, 7) is 3.36. The monoisotopic (exact) mass is 343 g/mol. The highest BCUT2D eigenvalue weighted by atomic mass is 16.5. The quantitative estimate of drug-likeness (QED) is 0.845. The van der Waals surface area contributed by atoms with Crippen LogP contribution in [0.5, 0.6) is 0 Å². The van der Waals surface area contributed by atoms with E-state index >= 15 is 0 Å². The van der Waals surface area contributed by atoms with Crippen molar-refractivity contribution in [2.75, 3.05) is 13.2 Å². The van der Waals surface area contributed by atoms with Gasteiger partial charge in [-0.3, -0.25) is 9.78 Å². The van der Waals surface area contributed by atoms with Crippen molar-refractivity contribution in [3.63, 3.8) is 0 Å². The molecule has 0 aromatic carbocycles. The summed E-state index contributed by atoms with van der Waals surface area (Å²) in [5, 5.41) is 3.85. The Labute approximate surface area is 145 Å². The Balaban J connectivity index is 1.42. The predicted molar refractivity (Wildman–Crippen MR) is 87.9 cm³/mol. The van der Waals surface area contributed by atoms with Gasteiger partial charge in [-0.15, -0.1) is 0 Å². The number of carbonyl (C=O) groups is 1. The number of ether oxygens (including phenoxy) is 2. The minimum atomic E-state index is -0.0950. The predicted octanol–water partition coefficient (Wildman–Crippen LogP) is 1.97. The number of fused-ring (bicyclic) bond motifs is 1. The normalized spacial score (nSPS) is 25.8. The summed E-state index contributed by atoms with van der Waals surface area (Å²) in [6, 6.07) is 5.59. The van der Waals surface area contributed by atoms with Crippen LogP contribution in [0.2, 0.25) is 0 Å². The van der Waals surface area contributed by atoms with Gasteiger partial charge in [0.1, 0.15) is 11.9 Å². The van der Waals surface area contributed by atoms with E-state index in [2.05, 4.69) is 10.1 Å². The number of aryl methyl sites for hydroxylation is 1. The van der Waals surface area contributed by atoms with Gasteiger partial charge in [-0.1, -0.05) is 11.2 Å². The molecule has 2 aromatic heterocycles. The van der Waals surface area contributed by atoms with Crippen molar-refractivity contribution >= 4 is 5.91 Å². The van der Waals surface area contributed by atoms with Gasteiger partial charge in [0.15, 0.2) is 5.69 Å². The molecule has 3 heterocycles. The van der Waals surface area contributed by atoms with Crippen molar-refractivity contribution in [2.24, 2.45) is 0 Å². The van der Waals surface area contributed by atoms with Crippen LogP contribution in [-0.4, -0.2) is 52.3 Å². The molecule has 132 valence electrons. The summed E-state index contributed by atoms with van der Waals surface area (Å²) < 4.78 is 17.0. The first-order valence-corrected chi connectivity index (χ1v) is 8.59. The first-order valence-electron chi connectivity index (χ1n) is 8.59. The maximum absolute atomic E-state index is 12.7. The molecule has 1 amide bonds. The number of hydrogen-bond donors (Lipinski definition) is 0. The highest BCUT2D eigenvalue weighted by Crippen LogP contribution is 2.33. The second-order valence-electron chi connectivity index (χ2n) is 6.51. The van der Waals surface area contributed by atoms with Crippen LogP contribution in [0.3, 0.4) is 0 Å². The van der Waals surface area contributed by atoms with Gasteiger partial charge < -0.3 is 18.9 Å². The molecular formula is C18H21N3O4. The summed E-state index contributed by atoms with van der Waals surface area (Å²) >= 11 is 0. The second-order valence-corrected chi connectivity index (χ2v) is 6.51. The third-order valence-corrected chi connectivity index (χ3v) is 4.83. The van der Waals surface area contributed by atoms with Gasteiger partial charge in [-0.2, -0.15) is 0 Å². The Hall–Kier alpha value is -2.25. The van der Waals surface area contributed by atoms with Gasteiger partial charge in [0, 0.05) is 25.0 Å². The molecule has 3 atom stereocenters.